The van der Waals surface area contributed by atoms with Crippen molar-refractivity contribution < 1.29 is 9.53 Å². The van der Waals surface area contributed by atoms with Gasteiger partial charge in [0.1, 0.15) is 5.75 Å². The topological polar surface area (TPSA) is 65.4 Å². The first-order valence-corrected chi connectivity index (χ1v) is 8.99. The minimum atomic E-state index is -0.699. The number of benzene rings is 3. The van der Waals surface area contributed by atoms with E-state index >= 15 is 0 Å². The second-order valence-corrected chi connectivity index (χ2v) is 6.28. The number of amides is 1. The first kappa shape index (κ1) is 19.0. The molecule has 140 valence electrons. The number of nitrogens with zero attached hydrogens (tertiary/aromatic N) is 2. The van der Waals surface area contributed by atoms with E-state index in [1.54, 1.807) is 36.2 Å². The molecule has 3 rings (SSSR count). The summed E-state index contributed by atoms with van der Waals surface area (Å²) in [5, 5.41) is 10.7. The molecule has 0 heterocycles. The number of hydrogen-bond donors (Lipinski definition) is 1. The van der Waals surface area contributed by atoms with Crippen molar-refractivity contribution in [1.82, 2.24) is 5.43 Å². The predicted molar refractivity (Wildman–Crippen MR) is 108 cm³/mol. The van der Waals surface area contributed by atoms with Gasteiger partial charge in [0.25, 0.3) is 5.91 Å². The van der Waals surface area contributed by atoms with Gasteiger partial charge in [0.15, 0.2) is 6.10 Å². The molecule has 1 N–H and O–H groups in total. The molecule has 3 aromatic rings. The van der Waals surface area contributed by atoms with Gasteiger partial charge < -0.3 is 4.74 Å². The molecule has 0 radical (unpaired) electrons. The van der Waals surface area contributed by atoms with Crippen LogP contribution in [0, 0.1) is 11.3 Å². The van der Waals surface area contributed by atoms with Gasteiger partial charge in [0.2, 0.25) is 0 Å². The minimum absolute atomic E-state index is 0.260. The van der Waals surface area contributed by atoms with Gasteiger partial charge >= 0.3 is 0 Å². The molecule has 0 saturated carbocycles. The number of para-hydroxylation sites is 1. The van der Waals surface area contributed by atoms with Crippen molar-refractivity contribution in [3.05, 3.63) is 96.1 Å². The average molecular weight is 371 g/mol. The zero-order valence-corrected chi connectivity index (χ0v) is 15.6. The Kier molecular flexibility index (Phi) is 6.27. The van der Waals surface area contributed by atoms with Crippen LogP contribution in [0.2, 0.25) is 0 Å². The summed E-state index contributed by atoms with van der Waals surface area (Å²) in [5.74, 6) is 0.278. The normalized spacial score (nSPS) is 11.1. The van der Waals surface area contributed by atoms with Crippen LogP contribution < -0.4 is 15.2 Å². The molecule has 3 aromatic carbocycles. The van der Waals surface area contributed by atoms with Crippen molar-refractivity contribution in [2.75, 3.05) is 5.01 Å². The Morgan fingerprint density at radius 2 is 1.61 bits per heavy atom. The summed E-state index contributed by atoms with van der Waals surface area (Å²) in [5.41, 5.74) is 5.44. The zero-order chi connectivity index (χ0) is 19.8. The van der Waals surface area contributed by atoms with Gasteiger partial charge in [-0.05, 0) is 48.9 Å². The molecule has 0 aliphatic heterocycles. The van der Waals surface area contributed by atoms with Crippen molar-refractivity contribution in [2.24, 2.45) is 0 Å². The number of hydrogen-bond acceptors (Lipinski definition) is 4. The maximum Gasteiger partial charge on any atom is 0.279 e. The molecule has 5 heteroatoms. The number of rotatable bonds is 7. The van der Waals surface area contributed by atoms with E-state index in [1.807, 2.05) is 60.7 Å². The van der Waals surface area contributed by atoms with Gasteiger partial charge in [-0.1, -0.05) is 48.5 Å². The summed E-state index contributed by atoms with van der Waals surface area (Å²) in [6.45, 7) is 2.22. The Hall–Kier alpha value is -3.78. The molecule has 0 aliphatic rings. The van der Waals surface area contributed by atoms with Crippen LogP contribution in [0.25, 0.3) is 0 Å². The number of hydrazine groups is 1. The molecule has 0 saturated heterocycles. The summed E-state index contributed by atoms with van der Waals surface area (Å²) < 4.78 is 5.71. The van der Waals surface area contributed by atoms with Gasteiger partial charge in [-0.25, -0.2) is 0 Å². The van der Waals surface area contributed by atoms with E-state index in [0.29, 0.717) is 17.9 Å². The van der Waals surface area contributed by atoms with E-state index in [2.05, 4.69) is 11.5 Å². The lowest BCUT2D eigenvalue weighted by molar-refractivity contribution is -0.127. The third-order valence-electron chi connectivity index (χ3n) is 4.16. The average Bonchev–Trinajstić information content (AvgIpc) is 2.75. The van der Waals surface area contributed by atoms with Gasteiger partial charge in [-0.2, -0.15) is 5.26 Å². The lowest BCUT2D eigenvalue weighted by Crippen LogP contribution is -2.47. The molecule has 1 amide bonds. The summed E-state index contributed by atoms with van der Waals surface area (Å²) in [7, 11) is 0. The summed E-state index contributed by atoms with van der Waals surface area (Å²) in [6.07, 6.45) is -0.699. The Bertz CT molecular complexity index is 935. The maximum absolute atomic E-state index is 12.7. The highest BCUT2D eigenvalue weighted by Crippen LogP contribution is 2.16. The summed E-state index contributed by atoms with van der Waals surface area (Å²) >= 11 is 0. The third kappa shape index (κ3) is 5.12. The molecule has 0 unspecified atom stereocenters. The first-order chi connectivity index (χ1) is 13.7. The SMILES string of the molecule is C[C@@H](Oc1ccc(C#N)cc1)C(=O)NN(Cc1ccccc1)c1ccccc1. The number of nitrogens with one attached hydrogen (secondary N) is 1. The Morgan fingerprint density at radius 3 is 2.21 bits per heavy atom. The van der Waals surface area contributed by atoms with E-state index in [0.717, 1.165) is 11.3 Å². The Balaban J connectivity index is 1.70. The summed E-state index contributed by atoms with van der Waals surface area (Å²) in [6, 6.07) is 28.3. The zero-order valence-electron chi connectivity index (χ0n) is 15.6. The van der Waals surface area contributed by atoms with Crippen LogP contribution in [-0.2, 0) is 11.3 Å². The van der Waals surface area contributed by atoms with Crippen molar-refractivity contribution >= 4 is 11.6 Å². The van der Waals surface area contributed by atoms with Crippen molar-refractivity contribution in [1.29, 1.82) is 5.26 Å². The minimum Gasteiger partial charge on any atom is -0.481 e. The van der Waals surface area contributed by atoms with Crippen molar-refractivity contribution in [2.45, 2.75) is 19.6 Å². The fourth-order valence-corrected chi connectivity index (χ4v) is 2.66. The van der Waals surface area contributed by atoms with Crippen LogP contribution in [0.1, 0.15) is 18.1 Å². The fraction of sp³-hybridized carbons (Fsp3) is 0.130. The predicted octanol–water partition coefficient (Wildman–Crippen LogP) is 4.06. The van der Waals surface area contributed by atoms with Gasteiger partial charge in [-0.3, -0.25) is 15.2 Å². The van der Waals surface area contributed by atoms with E-state index in [9.17, 15) is 4.79 Å². The maximum atomic E-state index is 12.7. The largest absolute Gasteiger partial charge is 0.481 e. The van der Waals surface area contributed by atoms with Crippen LogP contribution >= 0.6 is 0 Å². The molecule has 0 bridgehead atoms. The second kappa shape index (κ2) is 9.24. The highest BCUT2D eigenvalue weighted by atomic mass is 16.5. The fourth-order valence-electron chi connectivity index (χ4n) is 2.66. The van der Waals surface area contributed by atoms with Crippen molar-refractivity contribution in [3.63, 3.8) is 0 Å². The van der Waals surface area contributed by atoms with Crippen LogP contribution in [0.3, 0.4) is 0 Å². The van der Waals surface area contributed by atoms with Crippen LogP contribution in [0.4, 0.5) is 5.69 Å². The van der Waals surface area contributed by atoms with E-state index < -0.39 is 6.10 Å². The van der Waals surface area contributed by atoms with E-state index in [4.69, 9.17) is 10.00 Å². The highest BCUT2D eigenvalue weighted by molar-refractivity contribution is 5.82. The molecular formula is C23H21N3O2. The number of anilines is 1. The van der Waals surface area contributed by atoms with Crippen LogP contribution in [0.15, 0.2) is 84.9 Å². The molecular weight excluding hydrogens is 350 g/mol. The van der Waals surface area contributed by atoms with Crippen molar-refractivity contribution in [3.8, 4) is 11.8 Å². The lowest BCUT2D eigenvalue weighted by atomic mass is 10.2. The standard InChI is InChI=1S/C23H21N3O2/c1-18(28-22-14-12-19(16-24)13-15-22)23(27)25-26(21-10-6-3-7-11-21)17-20-8-4-2-5-9-20/h2-15,18H,17H2,1H3,(H,25,27)/t18-/m1/s1. The molecule has 0 fully saturated rings. The first-order valence-electron chi connectivity index (χ1n) is 8.99. The van der Waals surface area contributed by atoms with Gasteiger partial charge in [0, 0.05) is 0 Å². The number of carbonyl (C=O) groups excluding carboxylic acids is 1. The Labute approximate surface area is 164 Å². The quantitative estimate of drug-likeness (QED) is 0.636. The van der Waals surface area contributed by atoms with Crippen LogP contribution in [0.5, 0.6) is 5.75 Å². The third-order valence-corrected chi connectivity index (χ3v) is 4.16. The number of carbonyl (C=O) groups is 1. The number of nitriles is 1. The molecule has 0 aliphatic carbocycles. The molecule has 0 spiro atoms. The molecule has 5 nitrogen and oxygen atoms in total. The molecule has 28 heavy (non-hydrogen) atoms. The van der Waals surface area contributed by atoms with Gasteiger partial charge in [-0.15, -0.1) is 0 Å². The lowest BCUT2D eigenvalue weighted by Gasteiger charge is -2.27. The highest BCUT2D eigenvalue weighted by Gasteiger charge is 2.18. The van der Waals surface area contributed by atoms with Crippen LogP contribution in [-0.4, -0.2) is 12.0 Å². The second-order valence-electron chi connectivity index (χ2n) is 6.28. The number of ether oxygens (including phenoxy) is 1. The van der Waals surface area contributed by atoms with Gasteiger partial charge in [0.05, 0.1) is 23.9 Å². The molecule has 1 atom stereocenters. The Morgan fingerprint density at radius 1 is 1.00 bits per heavy atom. The summed E-state index contributed by atoms with van der Waals surface area (Å²) in [4.78, 5) is 12.7. The van der Waals surface area contributed by atoms with E-state index in [1.165, 1.54) is 0 Å². The molecule has 0 aromatic heterocycles. The van der Waals surface area contributed by atoms with E-state index in [-0.39, 0.29) is 5.91 Å². The smallest absolute Gasteiger partial charge is 0.279 e. The monoisotopic (exact) mass is 371 g/mol.